The summed E-state index contributed by atoms with van der Waals surface area (Å²) in [6, 6.07) is 9.49. The van der Waals surface area contributed by atoms with Crippen LogP contribution in [0.1, 0.15) is 36.8 Å². The fourth-order valence-electron chi connectivity index (χ4n) is 4.62. The average molecular weight is 368 g/mol. The molecule has 6 nitrogen and oxygen atoms in total. The number of hydrazone groups is 1. The molecule has 2 aliphatic heterocycles. The number of rotatable bonds is 3. The summed E-state index contributed by atoms with van der Waals surface area (Å²) in [5, 5.41) is 5.50. The van der Waals surface area contributed by atoms with E-state index in [2.05, 4.69) is 34.3 Å². The fraction of sp³-hybridized carbons (Fsp3) is 0.571. The number of carbonyl (C=O) groups excluding carboxylic acids is 2. The highest BCUT2D eigenvalue weighted by Gasteiger charge is 2.34. The Labute approximate surface area is 160 Å². The number of nitrogens with zero attached hydrogens (tertiary/aromatic N) is 4. The Balaban J connectivity index is 1.40. The molecular weight excluding hydrogens is 340 g/mol. The Morgan fingerprint density at radius 1 is 1.19 bits per heavy atom. The fourth-order valence-corrected chi connectivity index (χ4v) is 4.62. The first-order valence-corrected chi connectivity index (χ1v) is 9.95. The van der Waals surface area contributed by atoms with Crippen LogP contribution in [0.4, 0.5) is 0 Å². The summed E-state index contributed by atoms with van der Waals surface area (Å²) >= 11 is 0. The number of benzene rings is 1. The van der Waals surface area contributed by atoms with Gasteiger partial charge in [0.15, 0.2) is 0 Å². The first-order valence-electron chi connectivity index (χ1n) is 9.95. The Kier molecular flexibility index (Phi) is 5.00. The largest absolute Gasteiger partial charge is 0.336 e. The minimum Gasteiger partial charge on any atom is -0.336 e. The zero-order valence-electron chi connectivity index (χ0n) is 16.2. The smallest absolute Gasteiger partial charge is 0.270 e. The second kappa shape index (κ2) is 7.43. The van der Waals surface area contributed by atoms with Crippen LogP contribution in [-0.4, -0.2) is 71.6 Å². The van der Waals surface area contributed by atoms with Crippen molar-refractivity contribution in [3.63, 3.8) is 0 Å². The molecule has 1 aromatic carbocycles. The molecule has 0 aromatic heterocycles. The number of hydrogen-bond acceptors (Lipinski definition) is 4. The predicted octanol–water partition coefficient (Wildman–Crippen LogP) is 1.68. The maximum atomic E-state index is 12.9. The van der Waals surface area contributed by atoms with Crippen LogP contribution in [0.25, 0.3) is 0 Å². The summed E-state index contributed by atoms with van der Waals surface area (Å²) in [5.74, 6) is -0.0604. The number of likely N-dealkylation sites (tertiary alicyclic amines) is 1. The van der Waals surface area contributed by atoms with E-state index in [9.17, 15) is 9.59 Å². The van der Waals surface area contributed by atoms with E-state index in [1.165, 1.54) is 16.1 Å². The van der Waals surface area contributed by atoms with Gasteiger partial charge in [0.05, 0.1) is 0 Å². The van der Waals surface area contributed by atoms with Crippen LogP contribution in [0.15, 0.2) is 29.4 Å². The van der Waals surface area contributed by atoms with Gasteiger partial charge in [-0.05, 0) is 43.4 Å². The van der Waals surface area contributed by atoms with E-state index >= 15 is 0 Å². The van der Waals surface area contributed by atoms with Crippen LogP contribution in [0.3, 0.4) is 0 Å². The highest BCUT2D eigenvalue weighted by molar-refractivity contribution is 6.39. The van der Waals surface area contributed by atoms with Gasteiger partial charge in [-0.1, -0.05) is 24.3 Å². The van der Waals surface area contributed by atoms with Gasteiger partial charge >= 0.3 is 0 Å². The SMILES string of the molecule is CN1N=C(C(=O)N(C)C2CCCN(C3Cc4ccccc4C3)C2)CCC1=O. The molecular formula is C21H28N4O2. The molecule has 0 radical (unpaired) electrons. The van der Waals surface area contributed by atoms with E-state index < -0.39 is 0 Å². The molecule has 4 rings (SSSR count). The van der Waals surface area contributed by atoms with Crippen LogP contribution in [-0.2, 0) is 22.4 Å². The summed E-state index contributed by atoms with van der Waals surface area (Å²) in [7, 11) is 3.51. The van der Waals surface area contributed by atoms with E-state index in [1.807, 2.05) is 11.9 Å². The van der Waals surface area contributed by atoms with Gasteiger partial charge in [0.2, 0.25) is 5.91 Å². The number of amides is 2. The summed E-state index contributed by atoms with van der Waals surface area (Å²) in [5.41, 5.74) is 3.45. The van der Waals surface area contributed by atoms with Crippen molar-refractivity contribution in [2.45, 2.75) is 50.6 Å². The van der Waals surface area contributed by atoms with E-state index in [0.29, 0.717) is 24.6 Å². The summed E-state index contributed by atoms with van der Waals surface area (Å²) in [6.07, 6.45) is 5.17. The monoisotopic (exact) mass is 368 g/mol. The Morgan fingerprint density at radius 2 is 1.89 bits per heavy atom. The van der Waals surface area contributed by atoms with Gasteiger partial charge < -0.3 is 4.90 Å². The lowest BCUT2D eigenvalue weighted by molar-refractivity contribution is -0.131. The molecule has 0 saturated carbocycles. The third-order valence-corrected chi connectivity index (χ3v) is 6.30. The van der Waals surface area contributed by atoms with E-state index in [1.54, 1.807) is 7.05 Å². The van der Waals surface area contributed by atoms with Crippen molar-refractivity contribution in [2.75, 3.05) is 27.2 Å². The van der Waals surface area contributed by atoms with Gasteiger partial charge in [0.1, 0.15) is 5.71 Å². The lowest BCUT2D eigenvalue weighted by Gasteiger charge is -2.40. The van der Waals surface area contributed by atoms with Gasteiger partial charge in [-0.3, -0.25) is 14.5 Å². The van der Waals surface area contributed by atoms with E-state index in [0.717, 1.165) is 38.8 Å². The van der Waals surface area contributed by atoms with Crippen molar-refractivity contribution in [1.82, 2.24) is 14.8 Å². The van der Waals surface area contributed by atoms with Crippen LogP contribution >= 0.6 is 0 Å². The van der Waals surface area contributed by atoms with Gasteiger partial charge in [-0.15, -0.1) is 0 Å². The molecule has 1 aliphatic carbocycles. The molecule has 1 fully saturated rings. The normalized spacial score (nSPS) is 23.9. The maximum Gasteiger partial charge on any atom is 0.270 e. The molecule has 2 amide bonds. The quantitative estimate of drug-likeness (QED) is 0.816. The minimum absolute atomic E-state index is 0.0288. The first-order chi connectivity index (χ1) is 13.0. The second-order valence-corrected chi connectivity index (χ2v) is 8.00. The Bertz CT molecular complexity index is 750. The van der Waals surface area contributed by atoms with Crippen LogP contribution in [0.2, 0.25) is 0 Å². The molecule has 27 heavy (non-hydrogen) atoms. The van der Waals surface area contributed by atoms with Crippen molar-refractivity contribution in [1.29, 1.82) is 0 Å². The van der Waals surface area contributed by atoms with Gasteiger partial charge in [0, 0.05) is 45.6 Å². The lowest BCUT2D eigenvalue weighted by Crippen LogP contribution is -2.53. The van der Waals surface area contributed by atoms with Gasteiger partial charge in [-0.2, -0.15) is 5.10 Å². The zero-order chi connectivity index (χ0) is 19.0. The average Bonchev–Trinajstić information content (AvgIpc) is 3.13. The first kappa shape index (κ1) is 18.2. The van der Waals surface area contributed by atoms with Crippen molar-refractivity contribution >= 4 is 17.5 Å². The van der Waals surface area contributed by atoms with E-state index in [-0.39, 0.29) is 17.9 Å². The highest BCUT2D eigenvalue weighted by atomic mass is 16.2. The van der Waals surface area contributed by atoms with Gasteiger partial charge in [-0.25, -0.2) is 5.01 Å². The molecule has 3 aliphatic rings. The minimum atomic E-state index is -0.0316. The molecule has 144 valence electrons. The highest BCUT2D eigenvalue weighted by Crippen LogP contribution is 2.28. The van der Waals surface area contributed by atoms with Crippen molar-refractivity contribution in [2.24, 2.45) is 5.10 Å². The predicted molar refractivity (Wildman–Crippen MR) is 104 cm³/mol. The number of fused-ring (bicyclic) bond motifs is 1. The third-order valence-electron chi connectivity index (χ3n) is 6.30. The molecule has 0 N–H and O–H groups in total. The molecule has 1 unspecified atom stereocenters. The molecule has 1 aromatic rings. The Morgan fingerprint density at radius 3 is 2.56 bits per heavy atom. The van der Waals surface area contributed by atoms with E-state index in [4.69, 9.17) is 0 Å². The lowest BCUT2D eigenvalue weighted by atomic mass is 10.0. The number of piperidine rings is 1. The molecule has 0 bridgehead atoms. The number of carbonyl (C=O) groups is 2. The number of likely N-dealkylation sites (N-methyl/N-ethyl adjacent to an activating group) is 1. The van der Waals surface area contributed by atoms with Crippen molar-refractivity contribution in [3.05, 3.63) is 35.4 Å². The maximum absolute atomic E-state index is 12.9. The second-order valence-electron chi connectivity index (χ2n) is 8.00. The molecule has 2 heterocycles. The molecule has 0 spiro atoms. The summed E-state index contributed by atoms with van der Waals surface area (Å²) in [4.78, 5) is 28.9. The Hall–Kier alpha value is -2.21. The van der Waals surface area contributed by atoms with Crippen molar-refractivity contribution < 1.29 is 9.59 Å². The van der Waals surface area contributed by atoms with Crippen molar-refractivity contribution in [3.8, 4) is 0 Å². The zero-order valence-corrected chi connectivity index (χ0v) is 16.2. The third kappa shape index (κ3) is 3.63. The number of hydrogen-bond donors (Lipinski definition) is 0. The molecule has 1 saturated heterocycles. The molecule has 6 heteroatoms. The summed E-state index contributed by atoms with van der Waals surface area (Å²) in [6.45, 7) is 2.03. The molecule has 1 atom stereocenters. The van der Waals surface area contributed by atoms with Crippen LogP contribution in [0.5, 0.6) is 0 Å². The van der Waals surface area contributed by atoms with Crippen LogP contribution < -0.4 is 0 Å². The topological polar surface area (TPSA) is 56.2 Å². The standard InChI is InChI=1S/C21H28N4O2/c1-23(21(27)19-9-10-20(26)24(2)22-19)17-8-5-11-25(14-17)18-12-15-6-3-4-7-16(15)13-18/h3-4,6-7,17-18H,5,8-14H2,1-2H3. The summed E-state index contributed by atoms with van der Waals surface area (Å²) < 4.78 is 0. The van der Waals surface area contributed by atoms with Gasteiger partial charge in [0.25, 0.3) is 5.91 Å². The van der Waals surface area contributed by atoms with Crippen LogP contribution in [0, 0.1) is 0 Å².